The summed E-state index contributed by atoms with van der Waals surface area (Å²) in [6, 6.07) is 0. The topological polar surface area (TPSA) is 68.0 Å². The van der Waals surface area contributed by atoms with E-state index in [4.69, 9.17) is 0 Å². The molecule has 5 nitrogen and oxygen atoms in total. The van der Waals surface area contributed by atoms with Crippen LogP contribution in [0.2, 0.25) is 0 Å². The van der Waals surface area contributed by atoms with E-state index < -0.39 is 5.97 Å². The Morgan fingerprint density at radius 1 is 1.56 bits per heavy atom. The molecule has 96 valence electrons. The summed E-state index contributed by atoms with van der Waals surface area (Å²) in [6.45, 7) is 4.17. The number of thioether (sulfide) groups is 1. The lowest BCUT2D eigenvalue weighted by Gasteiger charge is -2.11. The van der Waals surface area contributed by atoms with Gasteiger partial charge in [-0.3, -0.25) is 4.68 Å². The largest absolute Gasteiger partial charge is 0.478 e. The summed E-state index contributed by atoms with van der Waals surface area (Å²) in [5, 5.41) is 14.5. The van der Waals surface area contributed by atoms with Gasteiger partial charge in [-0.15, -0.1) is 11.8 Å². The number of pyridine rings is 1. The molecule has 0 spiro atoms. The van der Waals surface area contributed by atoms with E-state index in [2.05, 4.69) is 23.9 Å². The molecule has 0 aromatic carbocycles. The number of carbonyl (C=O) groups is 1. The zero-order valence-corrected chi connectivity index (χ0v) is 11.4. The first-order valence-corrected chi connectivity index (χ1v) is 6.63. The van der Waals surface area contributed by atoms with E-state index in [0.29, 0.717) is 10.9 Å². The number of fused-ring (bicyclic) bond motifs is 1. The Hall–Kier alpha value is -1.56. The van der Waals surface area contributed by atoms with Crippen LogP contribution in [0, 0.1) is 0 Å². The van der Waals surface area contributed by atoms with Crippen LogP contribution in [-0.2, 0) is 7.05 Å². The Labute approximate surface area is 109 Å². The standard InChI is InChI=1S/C12H15N3O2S/c1-4-7(2)18-10-8-6-14-15(3)11(8)13-5-9(10)12(16)17/h5-7H,4H2,1-3H3,(H,16,17). The van der Waals surface area contributed by atoms with Gasteiger partial charge in [0.15, 0.2) is 5.65 Å². The third-order valence-electron chi connectivity index (χ3n) is 2.84. The van der Waals surface area contributed by atoms with Crippen molar-refractivity contribution in [2.75, 3.05) is 0 Å². The maximum atomic E-state index is 11.3. The minimum Gasteiger partial charge on any atom is -0.478 e. The lowest BCUT2D eigenvalue weighted by Crippen LogP contribution is -2.04. The van der Waals surface area contributed by atoms with Crippen molar-refractivity contribution in [3.05, 3.63) is 18.0 Å². The fourth-order valence-electron chi connectivity index (χ4n) is 1.64. The van der Waals surface area contributed by atoms with Crippen molar-refractivity contribution in [3.8, 4) is 0 Å². The highest BCUT2D eigenvalue weighted by Gasteiger charge is 2.18. The lowest BCUT2D eigenvalue weighted by atomic mass is 10.2. The number of rotatable bonds is 4. The lowest BCUT2D eigenvalue weighted by molar-refractivity contribution is 0.0693. The van der Waals surface area contributed by atoms with Gasteiger partial charge in [0.2, 0.25) is 0 Å². The Kier molecular flexibility index (Phi) is 3.56. The van der Waals surface area contributed by atoms with E-state index in [0.717, 1.165) is 16.7 Å². The number of carboxylic acid groups (broad SMARTS) is 1. The molecule has 0 saturated carbocycles. The molecule has 0 aliphatic carbocycles. The normalized spacial score (nSPS) is 12.8. The number of aromatic nitrogens is 3. The van der Waals surface area contributed by atoms with Gasteiger partial charge < -0.3 is 5.11 Å². The first kappa shape index (κ1) is 12.9. The molecule has 0 aliphatic heterocycles. The minimum absolute atomic E-state index is 0.251. The van der Waals surface area contributed by atoms with Crippen molar-refractivity contribution in [3.63, 3.8) is 0 Å². The fraction of sp³-hybridized carbons (Fsp3) is 0.417. The second kappa shape index (κ2) is 4.97. The summed E-state index contributed by atoms with van der Waals surface area (Å²) in [5.41, 5.74) is 0.964. The molecule has 0 saturated heterocycles. The van der Waals surface area contributed by atoms with E-state index in [9.17, 15) is 9.90 Å². The Morgan fingerprint density at radius 3 is 2.89 bits per heavy atom. The number of nitrogens with zero attached hydrogens (tertiary/aromatic N) is 3. The quantitative estimate of drug-likeness (QED) is 0.860. The molecule has 0 fully saturated rings. The van der Waals surface area contributed by atoms with Crippen molar-refractivity contribution >= 4 is 28.8 Å². The predicted octanol–water partition coefficient (Wildman–Crippen LogP) is 2.56. The van der Waals surface area contributed by atoms with Crippen molar-refractivity contribution in [1.82, 2.24) is 14.8 Å². The van der Waals surface area contributed by atoms with Crippen LogP contribution in [0.3, 0.4) is 0 Å². The molecule has 0 bridgehead atoms. The third kappa shape index (κ3) is 2.20. The van der Waals surface area contributed by atoms with Gasteiger partial charge in [-0.25, -0.2) is 9.78 Å². The van der Waals surface area contributed by atoms with Gasteiger partial charge in [0.05, 0.1) is 17.1 Å². The number of hydrogen-bond donors (Lipinski definition) is 1. The highest BCUT2D eigenvalue weighted by Crippen LogP contribution is 2.33. The molecule has 1 N–H and O–H groups in total. The smallest absolute Gasteiger partial charge is 0.338 e. The van der Waals surface area contributed by atoms with E-state index >= 15 is 0 Å². The summed E-state index contributed by atoms with van der Waals surface area (Å²) in [7, 11) is 1.80. The van der Waals surface area contributed by atoms with Crippen molar-refractivity contribution < 1.29 is 9.90 Å². The highest BCUT2D eigenvalue weighted by molar-refractivity contribution is 8.00. The monoisotopic (exact) mass is 265 g/mol. The van der Waals surface area contributed by atoms with Crippen LogP contribution in [-0.4, -0.2) is 31.1 Å². The number of carboxylic acids is 1. The van der Waals surface area contributed by atoms with Crippen LogP contribution in [0.15, 0.2) is 17.3 Å². The van der Waals surface area contributed by atoms with Crippen LogP contribution in [0.1, 0.15) is 30.6 Å². The van der Waals surface area contributed by atoms with Gasteiger partial charge in [-0.05, 0) is 6.42 Å². The van der Waals surface area contributed by atoms with Crippen LogP contribution >= 0.6 is 11.8 Å². The molecule has 2 aromatic heterocycles. The van der Waals surface area contributed by atoms with Gasteiger partial charge in [0, 0.05) is 23.4 Å². The predicted molar refractivity (Wildman–Crippen MR) is 71.1 cm³/mol. The molecule has 2 heterocycles. The number of aryl methyl sites for hydroxylation is 1. The molecule has 18 heavy (non-hydrogen) atoms. The van der Waals surface area contributed by atoms with E-state index in [1.165, 1.54) is 6.20 Å². The highest BCUT2D eigenvalue weighted by atomic mass is 32.2. The van der Waals surface area contributed by atoms with Gasteiger partial charge >= 0.3 is 5.97 Å². The Morgan fingerprint density at radius 2 is 2.28 bits per heavy atom. The van der Waals surface area contributed by atoms with Crippen LogP contribution < -0.4 is 0 Å². The molecule has 6 heteroatoms. The molecule has 1 unspecified atom stereocenters. The van der Waals surface area contributed by atoms with Crippen LogP contribution in [0.25, 0.3) is 11.0 Å². The van der Waals surface area contributed by atoms with Gasteiger partial charge in [0.1, 0.15) is 0 Å². The SMILES string of the molecule is CCC(C)Sc1c(C(=O)O)cnc2c1cnn2C. The first-order valence-electron chi connectivity index (χ1n) is 5.75. The van der Waals surface area contributed by atoms with Gasteiger partial charge in [-0.2, -0.15) is 5.10 Å². The second-order valence-electron chi connectivity index (χ2n) is 4.15. The van der Waals surface area contributed by atoms with Crippen LogP contribution in [0.5, 0.6) is 0 Å². The Bertz CT molecular complexity index is 594. The number of hydrogen-bond acceptors (Lipinski definition) is 4. The average Bonchev–Trinajstić information content (AvgIpc) is 2.71. The van der Waals surface area contributed by atoms with Crippen molar-refractivity contribution in [2.45, 2.75) is 30.4 Å². The van der Waals surface area contributed by atoms with Crippen molar-refractivity contribution in [2.24, 2.45) is 7.05 Å². The summed E-state index contributed by atoms with van der Waals surface area (Å²) in [6.07, 6.45) is 4.07. The van der Waals surface area contributed by atoms with Gasteiger partial charge in [0.25, 0.3) is 0 Å². The Balaban J connectivity index is 2.62. The zero-order valence-electron chi connectivity index (χ0n) is 10.5. The molecular formula is C12H15N3O2S. The number of aromatic carboxylic acids is 1. The second-order valence-corrected chi connectivity index (χ2v) is 5.60. The first-order chi connectivity index (χ1) is 8.54. The van der Waals surface area contributed by atoms with Crippen molar-refractivity contribution in [1.29, 1.82) is 0 Å². The third-order valence-corrected chi connectivity index (χ3v) is 4.25. The van der Waals surface area contributed by atoms with E-state index in [-0.39, 0.29) is 5.56 Å². The molecule has 0 aliphatic rings. The van der Waals surface area contributed by atoms with Crippen LogP contribution in [0.4, 0.5) is 0 Å². The molecule has 2 rings (SSSR count). The summed E-state index contributed by atoms with van der Waals surface area (Å²) < 4.78 is 1.65. The molecular weight excluding hydrogens is 250 g/mol. The summed E-state index contributed by atoms with van der Waals surface area (Å²) in [4.78, 5) is 16.2. The van der Waals surface area contributed by atoms with Gasteiger partial charge in [-0.1, -0.05) is 13.8 Å². The maximum Gasteiger partial charge on any atom is 0.338 e. The summed E-state index contributed by atoms with van der Waals surface area (Å²) >= 11 is 1.57. The summed E-state index contributed by atoms with van der Waals surface area (Å²) in [5.74, 6) is -0.945. The average molecular weight is 265 g/mol. The van der Waals surface area contributed by atoms with E-state index in [1.807, 2.05) is 0 Å². The molecule has 0 radical (unpaired) electrons. The minimum atomic E-state index is -0.945. The molecule has 0 amide bonds. The molecule has 2 aromatic rings. The molecule has 1 atom stereocenters. The fourth-order valence-corrected chi connectivity index (χ4v) is 2.74. The zero-order chi connectivity index (χ0) is 13.3. The maximum absolute atomic E-state index is 11.3. The van der Waals surface area contributed by atoms with E-state index in [1.54, 1.807) is 29.7 Å².